The number of nitrogens with zero attached hydrogens (tertiary/aromatic N) is 2. The molecule has 2 N–H and O–H groups in total. The van der Waals surface area contributed by atoms with Gasteiger partial charge in [-0.2, -0.15) is 0 Å². The summed E-state index contributed by atoms with van der Waals surface area (Å²) in [6, 6.07) is 6.11. The van der Waals surface area contributed by atoms with Crippen LogP contribution in [0.2, 0.25) is 0 Å². The van der Waals surface area contributed by atoms with E-state index >= 15 is 0 Å². The van der Waals surface area contributed by atoms with E-state index in [2.05, 4.69) is 16.8 Å². The number of hydrogen-bond acceptors (Lipinski definition) is 5. The van der Waals surface area contributed by atoms with Crippen molar-refractivity contribution in [3.05, 3.63) is 23.8 Å². The van der Waals surface area contributed by atoms with Gasteiger partial charge in [-0.1, -0.05) is 6.07 Å². The SMILES string of the molecule is COc1ccc(CN2CCC(N(C)CCCO)CC2)c(O)c1. The molecular weight excluding hydrogens is 280 g/mol. The van der Waals surface area contributed by atoms with E-state index in [0.29, 0.717) is 17.5 Å². The highest BCUT2D eigenvalue weighted by molar-refractivity contribution is 5.39. The summed E-state index contributed by atoms with van der Waals surface area (Å²) in [5.74, 6) is 0.993. The lowest BCUT2D eigenvalue weighted by Crippen LogP contribution is -2.43. The molecule has 0 amide bonds. The number of methoxy groups -OCH3 is 1. The first-order valence-corrected chi connectivity index (χ1v) is 8.03. The fraction of sp³-hybridized carbons (Fsp3) is 0.647. The molecule has 1 heterocycles. The van der Waals surface area contributed by atoms with Crippen molar-refractivity contribution >= 4 is 0 Å². The molecule has 5 nitrogen and oxygen atoms in total. The fourth-order valence-corrected chi connectivity index (χ4v) is 3.07. The Labute approximate surface area is 133 Å². The van der Waals surface area contributed by atoms with E-state index in [-0.39, 0.29) is 6.61 Å². The van der Waals surface area contributed by atoms with Crippen LogP contribution in [0.15, 0.2) is 18.2 Å². The van der Waals surface area contributed by atoms with Gasteiger partial charge in [-0.25, -0.2) is 0 Å². The first-order valence-electron chi connectivity index (χ1n) is 8.03. The number of hydrogen-bond donors (Lipinski definition) is 2. The highest BCUT2D eigenvalue weighted by Crippen LogP contribution is 2.26. The van der Waals surface area contributed by atoms with Crippen LogP contribution in [0, 0.1) is 0 Å². The molecule has 0 atom stereocenters. The van der Waals surface area contributed by atoms with Crippen LogP contribution in [0.1, 0.15) is 24.8 Å². The molecule has 1 aliphatic rings. The largest absolute Gasteiger partial charge is 0.507 e. The zero-order valence-electron chi connectivity index (χ0n) is 13.7. The third kappa shape index (κ3) is 4.60. The summed E-state index contributed by atoms with van der Waals surface area (Å²) in [5, 5.41) is 19.0. The molecule has 0 radical (unpaired) electrons. The maximum atomic E-state index is 10.1. The van der Waals surface area contributed by atoms with Crippen molar-refractivity contribution in [2.24, 2.45) is 0 Å². The molecule has 0 aromatic heterocycles. The minimum atomic E-state index is 0.264. The maximum absolute atomic E-state index is 10.1. The number of phenols is 1. The summed E-state index contributed by atoms with van der Waals surface area (Å²) in [6.45, 7) is 4.09. The van der Waals surface area contributed by atoms with Crippen molar-refractivity contribution in [1.29, 1.82) is 0 Å². The highest BCUT2D eigenvalue weighted by atomic mass is 16.5. The lowest BCUT2D eigenvalue weighted by Gasteiger charge is -2.36. The van der Waals surface area contributed by atoms with E-state index < -0.39 is 0 Å². The number of benzene rings is 1. The molecule has 0 bridgehead atoms. The first kappa shape index (κ1) is 17.1. The molecule has 0 aliphatic carbocycles. The third-order valence-electron chi connectivity index (χ3n) is 4.54. The van der Waals surface area contributed by atoms with Crippen LogP contribution in [0.4, 0.5) is 0 Å². The molecule has 0 spiro atoms. The van der Waals surface area contributed by atoms with Gasteiger partial charge in [0.1, 0.15) is 11.5 Å². The van der Waals surface area contributed by atoms with Gasteiger partial charge in [0.25, 0.3) is 0 Å². The first-order chi connectivity index (χ1) is 10.6. The molecule has 1 aromatic carbocycles. The number of piperidine rings is 1. The van der Waals surface area contributed by atoms with E-state index in [0.717, 1.165) is 51.0 Å². The van der Waals surface area contributed by atoms with Crippen LogP contribution in [0.3, 0.4) is 0 Å². The molecule has 2 rings (SSSR count). The second-order valence-corrected chi connectivity index (χ2v) is 6.06. The number of phenolic OH excluding ortho intramolecular Hbond substituents is 1. The van der Waals surface area contributed by atoms with Gasteiger partial charge in [-0.15, -0.1) is 0 Å². The third-order valence-corrected chi connectivity index (χ3v) is 4.54. The Morgan fingerprint density at radius 1 is 1.32 bits per heavy atom. The molecule has 1 fully saturated rings. The lowest BCUT2D eigenvalue weighted by atomic mass is 10.0. The Morgan fingerprint density at radius 2 is 2.05 bits per heavy atom. The van der Waals surface area contributed by atoms with E-state index in [9.17, 15) is 5.11 Å². The molecule has 1 aliphatic heterocycles. The van der Waals surface area contributed by atoms with Crippen molar-refractivity contribution in [3.63, 3.8) is 0 Å². The number of ether oxygens (including phenoxy) is 1. The van der Waals surface area contributed by atoms with Crippen LogP contribution in [-0.2, 0) is 6.54 Å². The van der Waals surface area contributed by atoms with E-state index in [4.69, 9.17) is 9.84 Å². The molecule has 0 saturated carbocycles. The van der Waals surface area contributed by atoms with Gasteiger partial charge in [0.05, 0.1) is 7.11 Å². The number of aliphatic hydroxyl groups is 1. The zero-order chi connectivity index (χ0) is 15.9. The Bertz CT molecular complexity index is 459. The normalized spacial score (nSPS) is 17.1. The lowest BCUT2D eigenvalue weighted by molar-refractivity contribution is 0.117. The van der Waals surface area contributed by atoms with Gasteiger partial charge in [0.2, 0.25) is 0 Å². The van der Waals surface area contributed by atoms with Crippen LogP contribution in [-0.4, -0.2) is 66.5 Å². The smallest absolute Gasteiger partial charge is 0.123 e. The Morgan fingerprint density at radius 3 is 2.64 bits per heavy atom. The summed E-state index contributed by atoms with van der Waals surface area (Å²) < 4.78 is 5.12. The van der Waals surface area contributed by atoms with Crippen molar-refractivity contribution < 1.29 is 14.9 Å². The van der Waals surface area contributed by atoms with Crippen molar-refractivity contribution in [2.75, 3.05) is 40.4 Å². The van der Waals surface area contributed by atoms with Gasteiger partial charge in [0.15, 0.2) is 0 Å². The second kappa shape index (κ2) is 8.36. The monoisotopic (exact) mass is 308 g/mol. The van der Waals surface area contributed by atoms with Crippen molar-refractivity contribution in [2.45, 2.75) is 31.8 Å². The van der Waals surface area contributed by atoms with Crippen LogP contribution in [0.25, 0.3) is 0 Å². The highest BCUT2D eigenvalue weighted by Gasteiger charge is 2.22. The van der Waals surface area contributed by atoms with Gasteiger partial charge < -0.3 is 19.8 Å². The van der Waals surface area contributed by atoms with Crippen molar-refractivity contribution in [3.8, 4) is 11.5 Å². The van der Waals surface area contributed by atoms with Crippen LogP contribution in [0.5, 0.6) is 11.5 Å². The summed E-state index contributed by atoms with van der Waals surface area (Å²) in [4.78, 5) is 4.75. The number of aromatic hydroxyl groups is 1. The topological polar surface area (TPSA) is 56.2 Å². The predicted octanol–water partition coefficient (Wildman–Crippen LogP) is 1.68. The molecular formula is C17H28N2O3. The van der Waals surface area contributed by atoms with Crippen LogP contribution >= 0.6 is 0 Å². The Balaban J connectivity index is 1.82. The zero-order valence-corrected chi connectivity index (χ0v) is 13.7. The average molecular weight is 308 g/mol. The summed E-state index contributed by atoms with van der Waals surface area (Å²) in [5.41, 5.74) is 0.952. The number of rotatable bonds is 7. The summed E-state index contributed by atoms with van der Waals surface area (Å²) in [7, 11) is 3.75. The summed E-state index contributed by atoms with van der Waals surface area (Å²) >= 11 is 0. The van der Waals surface area contributed by atoms with Gasteiger partial charge in [-0.3, -0.25) is 4.90 Å². The molecule has 1 saturated heterocycles. The maximum Gasteiger partial charge on any atom is 0.123 e. The fourth-order valence-electron chi connectivity index (χ4n) is 3.07. The molecule has 22 heavy (non-hydrogen) atoms. The molecule has 1 aromatic rings. The quantitative estimate of drug-likeness (QED) is 0.803. The minimum absolute atomic E-state index is 0.264. The summed E-state index contributed by atoms with van der Waals surface area (Å²) in [6.07, 6.45) is 3.12. The van der Waals surface area contributed by atoms with E-state index in [1.807, 2.05) is 12.1 Å². The minimum Gasteiger partial charge on any atom is -0.507 e. The van der Waals surface area contributed by atoms with E-state index in [1.165, 1.54) is 0 Å². The van der Waals surface area contributed by atoms with Crippen LogP contribution < -0.4 is 4.74 Å². The van der Waals surface area contributed by atoms with Gasteiger partial charge >= 0.3 is 0 Å². The van der Waals surface area contributed by atoms with Gasteiger partial charge in [0, 0.05) is 37.4 Å². The Hall–Kier alpha value is -1.30. The Kier molecular flexibility index (Phi) is 6.49. The van der Waals surface area contributed by atoms with Gasteiger partial charge in [-0.05, 0) is 45.5 Å². The van der Waals surface area contributed by atoms with E-state index in [1.54, 1.807) is 13.2 Å². The predicted molar refractivity (Wildman–Crippen MR) is 87.3 cm³/mol. The molecule has 5 heteroatoms. The second-order valence-electron chi connectivity index (χ2n) is 6.06. The molecule has 124 valence electrons. The number of aliphatic hydroxyl groups excluding tert-OH is 1. The van der Waals surface area contributed by atoms with Crippen molar-refractivity contribution in [1.82, 2.24) is 9.80 Å². The number of likely N-dealkylation sites (tertiary alicyclic amines) is 1. The molecule has 0 unspecified atom stereocenters. The average Bonchev–Trinajstić information content (AvgIpc) is 2.55. The standard InChI is InChI=1S/C17H28N2O3/c1-18(8-3-11-20)15-6-9-19(10-7-15)13-14-4-5-16(22-2)12-17(14)21/h4-5,12,15,20-21H,3,6-11,13H2,1-2H3.